The minimum Gasteiger partial charge on any atom is -0.480 e. The summed E-state index contributed by atoms with van der Waals surface area (Å²) in [5.74, 6) is -1.33. The Morgan fingerprint density at radius 3 is 2.29 bits per heavy atom. The molecule has 2 aromatic carbocycles. The van der Waals surface area contributed by atoms with Gasteiger partial charge in [0.25, 0.3) is 0 Å². The van der Waals surface area contributed by atoms with Gasteiger partial charge in [-0.2, -0.15) is 0 Å². The van der Waals surface area contributed by atoms with Crippen LogP contribution in [-0.2, 0) is 4.79 Å². The van der Waals surface area contributed by atoms with Gasteiger partial charge in [-0.25, -0.2) is 4.79 Å². The van der Waals surface area contributed by atoms with Crippen molar-refractivity contribution < 1.29 is 14.7 Å². The minimum atomic E-state index is -1.10. The minimum absolute atomic E-state index is 0.148. The molecule has 0 amide bonds. The van der Waals surface area contributed by atoms with E-state index in [4.69, 9.17) is 11.6 Å². The van der Waals surface area contributed by atoms with Crippen LogP contribution >= 0.6 is 11.6 Å². The number of aliphatic carboxylic acids is 1. The maximum atomic E-state index is 12.1. The van der Waals surface area contributed by atoms with E-state index >= 15 is 0 Å². The molecule has 0 aliphatic carbocycles. The molecule has 2 N–H and O–H groups in total. The zero-order valence-corrected chi connectivity index (χ0v) is 11.9. The molecule has 0 saturated carbocycles. The topological polar surface area (TPSA) is 66.4 Å². The first kappa shape index (κ1) is 15.1. The van der Waals surface area contributed by atoms with Crippen LogP contribution < -0.4 is 5.32 Å². The lowest BCUT2D eigenvalue weighted by Crippen LogP contribution is -2.32. The standard InChI is InChI=1S/C16H14ClNO3/c17-12-8-4-5-9-13(12)18-14(16(20)21)10-15(19)11-6-2-1-3-7-11/h1-9,14,18H,10H2,(H,20,21)/t14-/m1/s1. The molecule has 5 heteroatoms. The van der Waals surface area contributed by atoms with Gasteiger partial charge in [0.15, 0.2) is 5.78 Å². The third-order valence-electron chi connectivity index (χ3n) is 2.99. The van der Waals surface area contributed by atoms with Crippen LogP contribution in [0, 0.1) is 0 Å². The van der Waals surface area contributed by atoms with Crippen LogP contribution in [0.4, 0.5) is 5.69 Å². The Morgan fingerprint density at radius 2 is 1.67 bits per heavy atom. The Kier molecular flexibility index (Phi) is 4.95. The quantitative estimate of drug-likeness (QED) is 0.802. The number of carbonyl (C=O) groups is 2. The van der Waals surface area contributed by atoms with Gasteiger partial charge in [-0.1, -0.05) is 54.1 Å². The molecule has 0 radical (unpaired) electrons. The molecule has 0 fully saturated rings. The lowest BCUT2D eigenvalue weighted by molar-refractivity contribution is -0.137. The van der Waals surface area contributed by atoms with Crippen molar-refractivity contribution in [2.45, 2.75) is 12.5 Å². The van der Waals surface area contributed by atoms with Gasteiger partial charge in [-0.05, 0) is 12.1 Å². The summed E-state index contributed by atoms with van der Waals surface area (Å²) in [5.41, 5.74) is 0.983. The van der Waals surface area contributed by atoms with Crippen molar-refractivity contribution in [3.05, 3.63) is 65.2 Å². The number of carboxylic acid groups (broad SMARTS) is 1. The summed E-state index contributed by atoms with van der Waals surface area (Å²) in [4.78, 5) is 23.4. The number of benzene rings is 2. The fraction of sp³-hybridized carbons (Fsp3) is 0.125. The van der Waals surface area contributed by atoms with Gasteiger partial charge < -0.3 is 10.4 Å². The monoisotopic (exact) mass is 303 g/mol. The zero-order chi connectivity index (χ0) is 15.2. The van der Waals surface area contributed by atoms with Crippen molar-refractivity contribution in [2.75, 3.05) is 5.32 Å². The smallest absolute Gasteiger partial charge is 0.326 e. The number of ketones is 1. The average Bonchev–Trinajstić information content (AvgIpc) is 2.49. The first-order valence-electron chi connectivity index (χ1n) is 6.40. The number of hydrogen-bond acceptors (Lipinski definition) is 3. The van der Waals surface area contributed by atoms with Crippen molar-refractivity contribution >= 4 is 29.0 Å². The molecule has 2 rings (SSSR count). The normalized spacial score (nSPS) is 11.7. The second-order valence-corrected chi connectivity index (χ2v) is 4.92. The summed E-state index contributed by atoms with van der Waals surface area (Å²) in [5, 5.41) is 12.5. The van der Waals surface area contributed by atoms with Crippen LogP contribution in [0.15, 0.2) is 54.6 Å². The number of hydrogen-bond donors (Lipinski definition) is 2. The first-order chi connectivity index (χ1) is 10.1. The Bertz CT molecular complexity index is 643. The predicted molar refractivity (Wildman–Crippen MR) is 81.9 cm³/mol. The van der Waals surface area contributed by atoms with E-state index in [-0.39, 0.29) is 12.2 Å². The molecule has 0 spiro atoms. The third kappa shape index (κ3) is 4.07. The van der Waals surface area contributed by atoms with E-state index in [1.165, 1.54) is 0 Å². The largest absolute Gasteiger partial charge is 0.480 e. The maximum absolute atomic E-state index is 12.1. The van der Waals surface area contributed by atoms with Crippen LogP contribution in [0.5, 0.6) is 0 Å². The molecular formula is C16H14ClNO3. The molecule has 0 unspecified atom stereocenters. The Hall–Kier alpha value is -2.33. The maximum Gasteiger partial charge on any atom is 0.326 e. The van der Waals surface area contributed by atoms with E-state index in [0.29, 0.717) is 16.3 Å². The fourth-order valence-corrected chi connectivity index (χ4v) is 2.08. The van der Waals surface area contributed by atoms with Gasteiger partial charge >= 0.3 is 5.97 Å². The van der Waals surface area contributed by atoms with Gasteiger partial charge in [0.05, 0.1) is 10.7 Å². The highest BCUT2D eigenvalue weighted by molar-refractivity contribution is 6.33. The number of carbonyl (C=O) groups excluding carboxylic acids is 1. The summed E-state index contributed by atoms with van der Waals surface area (Å²) in [6.45, 7) is 0. The second kappa shape index (κ2) is 6.90. The number of halogens is 1. The summed E-state index contributed by atoms with van der Waals surface area (Å²) in [6.07, 6.45) is -0.148. The molecule has 108 valence electrons. The summed E-state index contributed by atoms with van der Waals surface area (Å²) >= 11 is 5.99. The van der Waals surface area contributed by atoms with Crippen molar-refractivity contribution in [1.82, 2.24) is 0 Å². The molecule has 0 aliphatic rings. The summed E-state index contributed by atoms with van der Waals surface area (Å²) in [6, 6.07) is 14.4. The molecule has 1 atom stereocenters. The Morgan fingerprint density at radius 1 is 1.05 bits per heavy atom. The van der Waals surface area contributed by atoms with Crippen LogP contribution in [0.25, 0.3) is 0 Å². The molecule has 2 aromatic rings. The molecule has 4 nitrogen and oxygen atoms in total. The number of rotatable bonds is 6. The van der Waals surface area contributed by atoms with E-state index in [9.17, 15) is 14.7 Å². The van der Waals surface area contributed by atoms with Gasteiger partial charge in [0.1, 0.15) is 6.04 Å². The molecule has 0 heterocycles. The zero-order valence-electron chi connectivity index (χ0n) is 11.1. The predicted octanol–water partition coefficient (Wildman–Crippen LogP) is 3.48. The van der Waals surface area contributed by atoms with Crippen molar-refractivity contribution in [1.29, 1.82) is 0 Å². The number of anilines is 1. The molecule has 0 aliphatic heterocycles. The van der Waals surface area contributed by atoms with Gasteiger partial charge in [-0.3, -0.25) is 4.79 Å². The number of Topliss-reactive ketones (excluding diaryl/α,β-unsaturated/α-hetero) is 1. The van der Waals surface area contributed by atoms with Crippen molar-refractivity contribution in [3.8, 4) is 0 Å². The molecule has 0 saturated heterocycles. The highest BCUT2D eigenvalue weighted by Crippen LogP contribution is 2.22. The highest BCUT2D eigenvalue weighted by atomic mass is 35.5. The molecule has 0 bridgehead atoms. The van der Waals surface area contributed by atoms with Gasteiger partial charge in [0.2, 0.25) is 0 Å². The number of para-hydroxylation sites is 1. The van der Waals surface area contributed by atoms with Crippen LogP contribution in [0.2, 0.25) is 5.02 Å². The Labute approximate surface area is 127 Å². The van der Waals surface area contributed by atoms with Crippen LogP contribution in [-0.4, -0.2) is 22.9 Å². The lowest BCUT2D eigenvalue weighted by Gasteiger charge is -2.16. The van der Waals surface area contributed by atoms with E-state index in [0.717, 1.165) is 0 Å². The van der Waals surface area contributed by atoms with Crippen LogP contribution in [0.3, 0.4) is 0 Å². The number of nitrogens with one attached hydrogen (secondary N) is 1. The second-order valence-electron chi connectivity index (χ2n) is 4.51. The summed E-state index contributed by atoms with van der Waals surface area (Å²) < 4.78 is 0. The third-order valence-corrected chi connectivity index (χ3v) is 3.32. The average molecular weight is 304 g/mol. The SMILES string of the molecule is O=C(C[C@@H](Nc1ccccc1Cl)C(=O)O)c1ccccc1. The van der Waals surface area contributed by atoms with E-state index < -0.39 is 12.0 Å². The van der Waals surface area contributed by atoms with E-state index in [1.807, 2.05) is 0 Å². The first-order valence-corrected chi connectivity index (χ1v) is 6.78. The van der Waals surface area contributed by atoms with Gasteiger partial charge in [-0.15, -0.1) is 0 Å². The lowest BCUT2D eigenvalue weighted by atomic mass is 10.0. The molecular weight excluding hydrogens is 290 g/mol. The van der Waals surface area contributed by atoms with Crippen molar-refractivity contribution in [2.24, 2.45) is 0 Å². The van der Waals surface area contributed by atoms with E-state index in [2.05, 4.69) is 5.32 Å². The van der Waals surface area contributed by atoms with Gasteiger partial charge in [0, 0.05) is 12.0 Å². The molecule has 21 heavy (non-hydrogen) atoms. The Balaban J connectivity index is 2.12. The van der Waals surface area contributed by atoms with Crippen molar-refractivity contribution in [3.63, 3.8) is 0 Å². The fourth-order valence-electron chi connectivity index (χ4n) is 1.89. The number of carboxylic acids is 1. The van der Waals surface area contributed by atoms with E-state index in [1.54, 1.807) is 54.6 Å². The molecule has 0 aromatic heterocycles. The highest BCUT2D eigenvalue weighted by Gasteiger charge is 2.22. The summed E-state index contributed by atoms with van der Waals surface area (Å²) in [7, 11) is 0. The van der Waals surface area contributed by atoms with Crippen LogP contribution in [0.1, 0.15) is 16.8 Å².